The van der Waals surface area contributed by atoms with Crippen molar-refractivity contribution in [3.63, 3.8) is 0 Å². The molecular formula is C18H28N2O. The monoisotopic (exact) mass is 288 g/mol. The average Bonchev–Trinajstić information content (AvgIpc) is 2.56. The van der Waals surface area contributed by atoms with Crippen LogP contribution in [0.25, 0.3) is 0 Å². The van der Waals surface area contributed by atoms with E-state index in [1.54, 1.807) is 0 Å². The highest BCUT2D eigenvalue weighted by Gasteiger charge is 2.42. The van der Waals surface area contributed by atoms with Crippen LogP contribution in [0.2, 0.25) is 0 Å². The maximum absolute atomic E-state index is 6.52. The van der Waals surface area contributed by atoms with Gasteiger partial charge in [-0.15, -0.1) is 0 Å². The van der Waals surface area contributed by atoms with Crippen LogP contribution in [0.3, 0.4) is 0 Å². The van der Waals surface area contributed by atoms with Crippen LogP contribution in [0.4, 0.5) is 0 Å². The summed E-state index contributed by atoms with van der Waals surface area (Å²) in [6.07, 6.45) is 8.42. The largest absolute Gasteiger partial charge is 0.356 e. The highest BCUT2D eigenvalue weighted by molar-refractivity contribution is 5.34. The van der Waals surface area contributed by atoms with Crippen LogP contribution >= 0.6 is 0 Å². The standard InChI is InChI=1S/C18H28N2O/c19-12-7-15-21-18(20-13-4-1-5-14-20)11-6-9-16-8-2-3-10-17(16)18/h2-3,8,10H,1,4-7,9,11-15,19H2. The predicted octanol–water partition coefficient (Wildman–Crippen LogP) is 3.03. The molecule has 1 fully saturated rings. The van der Waals surface area contributed by atoms with Gasteiger partial charge in [0.15, 0.2) is 0 Å². The molecule has 1 heterocycles. The summed E-state index contributed by atoms with van der Waals surface area (Å²) in [4.78, 5) is 2.60. The van der Waals surface area contributed by atoms with Gasteiger partial charge in [-0.3, -0.25) is 4.90 Å². The Labute approximate surface area is 128 Å². The molecule has 0 spiro atoms. The number of rotatable bonds is 5. The molecule has 1 aliphatic heterocycles. The van der Waals surface area contributed by atoms with Crippen LogP contribution in [-0.4, -0.2) is 31.1 Å². The van der Waals surface area contributed by atoms with E-state index >= 15 is 0 Å². The van der Waals surface area contributed by atoms with E-state index in [4.69, 9.17) is 10.5 Å². The van der Waals surface area contributed by atoms with Crippen LogP contribution < -0.4 is 5.73 Å². The SMILES string of the molecule is NCCCOC1(N2CCCCC2)CCCc2ccccc21. The number of piperidine rings is 1. The minimum Gasteiger partial charge on any atom is -0.356 e. The second kappa shape index (κ2) is 6.91. The lowest BCUT2D eigenvalue weighted by atomic mass is 9.82. The lowest BCUT2D eigenvalue weighted by Crippen LogP contribution is -2.52. The van der Waals surface area contributed by atoms with E-state index in [1.165, 1.54) is 43.2 Å². The fourth-order valence-electron chi connectivity index (χ4n) is 3.92. The summed E-state index contributed by atoms with van der Waals surface area (Å²) in [5.74, 6) is 0. The Morgan fingerprint density at radius 2 is 1.90 bits per heavy atom. The molecule has 3 rings (SSSR count). The second-order valence-electron chi connectivity index (χ2n) is 6.33. The molecule has 1 aromatic rings. The zero-order valence-electron chi connectivity index (χ0n) is 13.0. The zero-order chi connectivity index (χ0) is 14.5. The van der Waals surface area contributed by atoms with E-state index in [0.29, 0.717) is 6.54 Å². The number of fused-ring (bicyclic) bond motifs is 1. The fraction of sp³-hybridized carbons (Fsp3) is 0.667. The number of ether oxygens (including phenoxy) is 1. The van der Waals surface area contributed by atoms with Gasteiger partial charge in [-0.25, -0.2) is 0 Å². The predicted molar refractivity (Wildman–Crippen MR) is 86.1 cm³/mol. The molecule has 0 radical (unpaired) electrons. The molecule has 1 atom stereocenters. The number of nitrogens with zero attached hydrogens (tertiary/aromatic N) is 1. The third-order valence-corrected chi connectivity index (χ3v) is 4.96. The summed E-state index contributed by atoms with van der Waals surface area (Å²) >= 11 is 0. The molecule has 3 heteroatoms. The second-order valence-corrected chi connectivity index (χ2v) is 6.33. The van der Waals surface area contributed by atoms with Crippen molar-refractivity contribution in [3.8, 4) is 0 Å². The highest BCUT2D eigenvalue weighted by Crippen LogP contribution is 2.42. The van der Waals surface area contributed by atoms with Crippen molar-refractivity contribution >= 4 is 0 Å². The Balaban J connectivity index is 1.92. The first-order chi connectivity index (χ1) is 10.4. The molecule has 3 nitrogen and oxygen atoms in total. The van der Waals surface area contributed by atoms with E-state index in [1.807, 2.05) is 0 Å². The Bertz CT molecular complexity index is 456. The van der Waals surface area contributed by atoms with Crippen LogP contribution in [0.1, 0.15) is 49.7 Å². The van der Waals surface area contributed by atoms with Gasteiger partial charge in [0.2, 0.25) is 0 Å². The minimum atomic E-state index is -0.190. The molecule has 1 aromatic carbocycles. The number of benzene rings is 1. The quantitative estimate of drug-likeness (QED) is 0.846. The third kappa shape index (κ3) is 3.01. The summed E-state index contributed by atoms with van der Waals surface area (Å²) in [6.45, 7) is 3.80. The normalized spacial score (nSPS) is 26.5. The minimum absolute atomic E-state index is 0.190. The van der Waals surface area contributed by atoms with Crippen LogP contribution in [0.15, 0.2) is 24.3 Å². The summed E-state index contributed by atoms with van der Waals surface area (Å²) in [5, 5.41) is 0. The van der Waals surface area contributed by atoms with E-state index in [0.717, 1.165) is 32.5 Å². The van der Waals surface area contributed by atoms with Crippen molar-refractivity contribution in [3.05, 3.63) is 35.4 Å². The lowest BCUT2D eigenvalue weighted by Gasteiger charge is -2.48. The molecular weight excluding hydrogens is 260 g/mol. The first-order valence-electron chi connectivity index (χ1n) is 8.54. The summed E-state index contributed by atoms with van der Waals surface area (Å²) in [5.41, 5.74) is 8.36. The third-order valence-electron chi connectivity index (χ3n) is 4.96. The van der Waals surface area contributed by atoms with Gasteiger partial charge in [0.25, 0.3) is 0 Å². The maximum atomic E-state index is 6.52. The van der Waals surface area contributed by atoms with Crippen molar-refractivity contribution in [1.82, 2.24) is 4.90 Å². The molecule has 0 aromatic heterocycles. The van der Waals surface area contributed by atoms with Crippen molar-refractivity contribution in [2.24, 2.45) is 5.73 Å². The van der Waals surface area contributed by atoms with E-state index < -0.39 is 0 Å². The molecule has 21 heavy (non-hydrogen) atoms. The smallest absolute Gasteiger partial charge is 0.148 e. The Morgan fingerprint density at radius 1 is 1.10 bits per heavy atom. The van der Waals surface area contributed by atoms with Gasteiger partial charge in [-0.2, -0.15) is 0 Å². The molecule has 0 bridgehead atoms. The van der Waals surface area contributed by atoms with Gasteiger partial charge in [-0.05, 0) is 50.6 Å². The van der Waals surface area contributed by atoms with E-state index in [2.05, 4.69) is 29.2 Å². The summed E-state index contributed by atoms with van der Waals surface area (Å²) < 4.78 is 6.52. The van der Waals surface area contributed by atoms with Crippen molar-refractivity contribution in [2.45, 2.75) is 50.7 Å². The molecule has 116 valence electrons. The Hall–Kier alpha value is -0.900. The van der Waals surface area contributed by atoms with Gasteiger partial charge < -0.3 is 10.5 Å². The van der Waals surface area contributed by atoms with Crippen LogP contribution in [-0.2, 0) is 16.9 Å². The summed E-state index contributed by atoms with van der Waals surface area (Å²) in [7, 11) is 0. The molecule has 0 saturated carbocycles. The first-order valence-corrected chi connectivity index (χ1v) is 8.54. The van der Waals surface area contributed by atoms with Crippen molar-refractivity contribution in [1.29, 1.82) is 0 Å². The van der Waals surface area contributed by atoms with E-state index in [9.17, 15) is 0 Å². The van der Waals surface area contributed by atoms with Crippen LogP contribution in [0, 0.1) is 0 Å². The zero-order valence-corrected chi connectivity index (χ0v) is 13.0. The van der Waals surface area contributed by atoms with Gasteiger partial charge in [0, 0.05) is 18.7 Å². The van der Waals surface area contributed by atoms with Gasteiger partial charge in [0.1, 0.15) is 5.72 Å². The maximum Gasteiger partial charge on any atom is 0.148 e. The molecule has 1 unspecified atom stereocenters. The molecule has 0 amide bonds. The molecule has 2 N–H and O–H groups in total. The van der Waals surface area contributed by atoms with Crippen LogP contribution in [0.5, 0.6) is 0 Å². The summed E-state index contributed by atoms with van der Waals surface area (Å²) in [6, 6.07) is 8.88. The topological polar surface area (TPSA) is 38.5 Å². The number of nitrogens with two attached hydrogens (primary N) is 1. The highest BCUT2D eigenvalue weighted by atomic mass is 16.5. The van der Waals surface area contributed by atoms with Gasteiger partial charge in [-0.1, -0.05) is 30.7 Å². The molecule has 2 aliphatic rings. The number of hydrogen-bond donors (Lipinski definition) is 1. The number of aryl methyl sites for hydroxylation is 1. The van der Waals surface area contributed by atoms with Gasteiger partial charge in [0.05, 0.1) is 6.61 Å². The first kappa shape index (κ1) is 15.0. The Kier molecular flexibility index (Phi) is 4.94. The van der Waals surface area contributed by atoms with Gasteiger partial charge >= 0.3 is 0 Å². The average molecular weight is 288 g/mol. The molecule has 1 saturated heterocycles. The van der Waals surface area contributed by atoms with Crippen molar-refractivity contribution in [2.75, 3.05) is 26.2 Å². The fourth-order valence-corrected chi connectivity index (χ4v) is 3.92. The lowest BCUT2D eigenvalue weighted by molar-refractivity contribution is -0.180. The number of likely N-dealkylation sites (tertiary alicyclic amines) is 1. The van der Waals surface area contributed by atoms with E-state index in [-0.39, 0.29) is 5.72 Å². The Morgan fingerprint density at radius 3 is 2.71 bits per heavy atom. The number of hydrogen-bond acceptors (Lipinski definition) is 3. The van der Waals surface area contributed by atoms with Crippen molar-refractivity contribution < 1.29 is 4.74 Å². The molecule has 1 aliphatic carbocycles.